The van der Waals surface area contributed by atoms with Gasteiger partial charge in [0.2, 0.25) is 0 Å². The number of anilines is 2. The summed E-state index contributed by atoms with van der Waals surface area (Å²) in [5.74, 6) is 1.03. The quantitative estimate of drug-likeness (QED) is 0.249. The predicted octanol–water partition coefficient (Wildman–Crippen LogP) is 9.17. The number of hydrogen-bond donors (Lipinski definition) is 1. The number of nitrogens with zero attached hydrogens (tertiary/aromatic N) is 1. The molecule has 2 aromatic carbocycles. The van der Waals surface area contributed by atoms with Crippen LogP contribution < -0.4 is 10.6 Å². The van der Waals surface area contributed by atoms with E-state index in [-0.39, 0.29) is 0 Å². The van der Waals surface area contributed by atoms with Gasteiger partial charge >= 0.3 is 0 Å². The molecule has 0 amide bonds. The van der Waals surface area contributed by atoms with Gasteiger partial charge in [-0.1, -0.05) is 116 Å². The van der Waals surface area contributed by atoms with E-state index in [0.717, 1.165) is 5.69 Å². The summed E-state index contributed by atoms with van der Waals surface area (Å²) >= 11 is 0. The normalized spacial score (nSPS) is 10.9. The number of nitrogens with two attached hydrogens (primary N) is 1. The first-order chi connectivity index (χ1) is 15.4. The van der Waals surface area contributed by atoms with Gasteiger partial charge in [-0.3, -0.25) is 0 Å². The van der Waals surface area contributed by atoms with Gasteiger partial charge < -0.3 is 10.6 Å². The smallest absolute Gasteiger partial charge is 0.0384 e. The lowest BCUT2D eigenvalue weighted by atomic mass is 9.93. The standard InChI is InChI=1S/C18H31N.C12H19N/c1-3-5-7-12-16-19(17-13-8-6-4-2)18-14-10-9-11-15-18;1-8(2)10-6-5-7-11(9(3)4)12(10)13/h9-11,14-15H,3-8,12-13,16-17H2,1-2H3;5-9H,13H2,1-4H3. The monoisotopic (exact) mass is 438 g/mol. The molecule has 2 nitrogen and oxygen atoms in total. The highest BCUT2D eigenvalue weighted by atomic mass is 15.1. The molecule has 0 saturated heterocycles. The zero-order valence-corrected chi connectivity index (χ0v) is 21.9. The topological polar surface area (TPSA) is 29.3 Å². The number of nitrogen functional groups attached to an aromatic ring is 1. The van der Waals surface area contributed by atoms with Crippen LogP contribution in [-0.2, 0) is 0 Å². The number of unbranched alkanes of at least 4 members (excludes halogenated alkanes) is 6. The molecule has 0 atom stereocenters. The molecule has 32 heavy (non-hydrogen) atoms. The average Bonchev–Trinajstić information content (AvgIpc) is 2.79. The molecule has 0 saturated carbocycles. The minimum Gasteiger partial charge on any atom is -0.398 e. The summed E-state index contributed by atoms with van der Waals surface area (Å²) in [7, 11) is 0. The molecule has 0 fully saturated rings. The summed E-state index contributed by atoms with van der Waals surface area (Å²) in [6, 6.07) is 17.2. The van der Waals surface area contributed by atoms with Crippen molar-refractivity contribution in [2.45, 2.75) is 105 Å². The summed E-state index contributed by atoms with van der Waals surface area (Å²) < 4.78 is 0. The molecule has 180 valence electrons. The molecule has 0 aliphatic heterocycles. The first-order valence-corrected chi connectivity index (χ1v) is 13.1. The zero-order chi connectivity index (χ0) is 23.8. The Morgan fingerprint density at radius 1 is 0.625 bits per heavy atom. The highest BCUT2D eigenvalue weighted by molar-refractivity contribution is 5.56. The second-order valence-electron chi connectivity index (χ2n) is 9.60. The molecular formula is C30H50N2. The van der Waals surface area contributed by atoms with Crippen LogP contribution in [0.5, 0.6) is 0 Å². The van der Waals surface area contributed by atoms with Crippen molar-refractivity contribution in [2.75, 3.05) is 23.7 Å². The molecule has 0 heterocycles. The second kappa shape index (κ2) is 16.6. The van der Waals surface area contributed by atoms with Crippen LogP contribution in [0.4, 0.5) is 11.4 Å². The van der Waals surface area contributed by atoms with Crippen molar-refractivity contribution < 1.29 is 0 Å². The first kappa shape index (κ1) is 28.1. The molecule has 2 rings (SSSR count). The van der Waals surface area contributed by atoms with Crippen LogP contribution in [0.3, 0.4) is 0 Å². The van der Waals surface area contributed by atoms with Gasteiger partial charge in [0.15, 0.2) is 0 Å². The fraction of sp³-hybridized carbons (Fsp3) is 0.600. The molecule has 0 bridgehead atoms. The van der Waals surface area contributed by atoms with E-state index in [1.54, 1.807) is 0 Å². The third kappa shape index (κ3) is 10.6. The van der Waals surface area contributed by atoms with Crippen LogP contribution in [0.1, 0.15) is 116 Å². The van der Waals surface area contributed by atoms with Gasteiger partial charge in [-0.05, 0) is 47.9 Å². The van der Waals surface area contributed by atoms with E-state index in [1.807, 2.05) is 0 Å². The molecular weight excluding hydrogens is 388 g/mol. The Balaban J connectivity index is 0.000000343. The van der Waals surface area contributed by atoms with Gasteiger partial charge in [-0.2, -0.15) is 0 Å². The van der Waals surface area contributed by atoms with Crippen LogP contribution in [0.25, 0.3) is 0 Å². The molecule has 2 heteroatoms. The summed E-state index contributed by atoms with van der Waals surface area (Å²) in [5.41, 5.74) is 11.0. The van der Waals surface area contributed by atoms with Crippen molar-refractivity contribution in [1.82, 2.24) is 0 Å². The summed E-state index contributed by atoms with van der Waals surface area (Å²) in [4.78, 5) is 2.57. The van der Waals surface area contributed by atoms with E-state index in [4.69, 9.17) is 5.73 Å². The fourth-order valence-electron chi connectivity index (χ4n) is 4.08. The third-order valence-corrected chi connectivity index (χ3v) is 6.10. The Bertz CT molecular complexity index is 668. The Morgan fingerprint density at radius 3 is 1.50 bits per heavy atom. The van der Waals surface area contributed by atoms with Crippen molar-refractivity contribution in [3.8, 4) is 0 Å². The number of para-hydroxylation sites is 2. The highest BCUT2D eigenvalue weighted by Crippen LogP contribution is 2.29. The maximum absolute atomic E-state index is 6.09. The number of hydrogen-bond acceptors (Lipinski definition) is 2. The molecule has 0 radical (unpaired) electrons. The Hall–Kier alpha value is -1.96. The minimum absolute atomic E-state index is 0.513. The van der Waals surface area contributed by atoms with Crippen molar-refractivity contribution >= 4 is 11.4 Å². The molecule has 0 aromatic heterocycles. The van der Waals surface area contributed by atoms with Gasteiger partial charge in [0.1, 0.15) is 0 Å². The third-order valence-electron chi connectivity index (χ3n) is 6.10. The molecule has 2 N–H and O–H groups in total. The molecule has 0 spiro atoms. The average molecular weight is 439 g/mol. The van der Waals surface area contributed by atoms with Gasteiger partial charge in [0, 0.05) is 24.5 Å². The van der Waals surface area contributed by atoms with Crippen LogP contribution in [0, 0.1) is 0 Å². The lowest BCUT2D eigenvalue weighted by molar-refractivity contribution is 0.609. The second-order valence-corrected chi connectivity index (χ2v) is 9.60. The van der Waals surface area contributed by atoms with E-state index in [2.05, 4.69) is 95.0 Å². The van der Waals surface area contributed by atoms with Crippen molar-refractivity contribution in [3.05, 3.63) is 59.7 Å². The van der Waals surface area contributed by atoms with E-state index < -0.39 is 0 Å². The van der Waals surface area contributed by atoms with Crippen LogP contribution in [0.2, 0.25) is 0 Å². The van der Waals surface area contributed by atoms with Gasteiger partial charge in [-0.15, -0.1) is 0 Å². The van der Waals surface area contributed by atoms with E-state index in [0.29, 0.717) is 11.8 Å². The summed E-state index contributed by atoms with van der Waals surface area (Å²) in [6.45, 7) is 15.7. The Labute approximate surface area is 199 Å². The van der Waals surface area contributed by atoms with Gasteiger partial charge in [0.05, 0.1) is 0 Å². The van der Waals surface area contributed by atoms with Crippen molar-refractivity contribution in [3.63, 3.8) is 0 Å². The summed E-state index contributed by atoms with van der Waals surface area (Å²) in [6.07, 6.45) is 10.8. The molecule has 0 unspecified atom stereocenters. The van der Waals surface area contributed by atoms with Crippen LogP contribution >= 0.6 is 0 Å². The Morgan fingerprint density at radius 2 is 1.09 bits per heavy atom. The highest BCUT2D eigenvalue weighted by Gasteiger charge is 2.09. The molecule has 0 aliphatic carbocycles. The lowest BCUT2D eigenvalue weighted by Crippen LogP contribution is -2.25. The fourth-order valence-corrected chi connectivity index (χ4v) is 4.08. The molecule has 2 aromatic rings. The van der Waals surface area contributed by atoms with Crippen LogP contribution in [0.15, 0.2) is 48.5 Å². The van der Waals surface area contributed by atoms with Gasteiger partial charge in [0.25, 0.3) is 0 Å². The first-order valence-electron chi connectivity index (χ1n) is 13.1. The van der Waals surface area contributed by atoms with E-state index in [1.165, 1.54) is 81.3 Å². The minimum atomic E-state index is 0.513. The van der Waals surface area contributed by atoms with Crippen molar-refractivity contribution in [1.29, 1.82) is 0 Å². The largest absolute Gasteiger partial charge is 0.398 e. The summed E-state index contributed by atoms with van der Waals surface area (Å²) in [5, 5.41) is 0. The predicted molar refractivity (Wildman–Crippen MR) is 146 cm³/mol. The number of rotatable bonds is 13. The Kier molecular flexibility index (Phi) is 14.6. The maximum atomic E-state index is 6.09. The van der Waals surface area contributed by atoms with Crippen molar-refractivity contribution in [2.24, 2.45) is 0 Å². The van der Waals surface area contributed by atoms with E-state index in [9.17, 15) is 0 Å². The zero-order valence-electron chi connectivity index (χ0n) is 21.9. The SMILES string of the molecule is CC(C)c1cccc(C(C)C)c1N.CCCCCCN(CCCCCC)c1ccccc1. The van der Waals surface area contributed by atoms with Gasteiger partial charge in [-0.25, -0.2) is 0 Å². The van der Waals surface area contributed by atoms with Crippen LogP contribution in [-0.4, -0.2) is 13.1 Å². The van der Waals surface area contributed by atoms with E-state index >= 15 is 0 Å². The maximum Gasteiger partial charge on any atom is 0.0384 e. The molecule has 0 aliphatic rings. The lowest BCUT2D eigenvalue weighted by Gasteiger charge is -2.25. The number of benzene rings is 2.